The van der Waals surface area contributed by atoms with Crippen molar-refractivity contribution in [1.29, 1.82) is 0 Å². The SMILES string of the molecule is CCCCCCCCCCCC(=O)N(CCO)C(C)CN(C(=O)[O-])C(=O)O.[Na+]. The fourth-order valence-electron chi connectivity index (χ4n) is 3.02. The van der Waals surface area contributed by atoms with Crippen LogP contribution in [-0.2, 0) is 4.79 Å². The average Bonchev–Trinajstić information content (AvgIpc) is 2.61. The van der Waals surface area contributed by atoms with Gasteiger partial charge >= 0.3 is 35.7 Å². The summed E-state index contributed by atoms with van der Waals surface area (Å²) in [6, 6.07) is -0.669. The molecule has 0 aliphatic rings. The van der Waals surface area contributed by atoms with Crippen molar-refractivity contribution in [1.82, 2.24) is 9.80 Å². The minimum Gasteiger partial charge on any atom is -0.529 e. The van der Waals surface area contributed by atoms with Crippen LogP contribution in [0.15, 0.2) is 0 Å². The van der Waals surface area contributed by atoms with Crippen LogP contribution < -0.4 is 34.7 Å². The number of nitrogens with zero attached hydrogens (tertiary/aromatic N) is 2. The molecule has 0 fully saturated rings. The van der Waals surface area contributed by atoms with E-state index in [0.717, 1.165) is 25.7 Å². The van der Waals surface area contributed by atoms with Gasteiger partial charge in [-0.15, -0.1) is 0 Å². The van der Waals surface area contributed by atoms with Crippen molar-refractivity contribution in [2.24, 2.45) is 0 Å². The van der Waals surface area contributed by atoms with Crippen LogP contribution in [0.2, 0.25) is 0 Å². The van der Waals surface area contributed by atoms with E-state index in [0.29, 0.717) is 6.42 Å². The number of amides is 3. The van der Waals surface area contributed by atoms with Crippen molar-refractivity contribution in [3.8, 4) is 0 Å². The van der Waals surface area contributed by atoms with Gasteiger partial charge in [0.05, 0.1) is 13.2 Å². The van der Waals surface area contributed by atoms with Crippen LogP contribution in [0.4, 0.5) is 9.59 Å². The molecule has 0 radical (unpaired) electrons. The molecule has 158 valence electrons. The van der Waals surface area contributed by atoms with Gasteiger partial charge in [0.25, 0.3) is 0 Å². The first-order valence-corrected chi connectivity index (χ1v) is 9.96. The van der Waals surface area contributed by atoms with Gasteiger partial charge in [-0.3, -0.25) is 9.69 Å². The van der Waals surface area contributed by atoms with E-state index in [1.165, 1.54) is 37.0 Å². The molecule has 0 spiro atoms. The number of carboxylic acid groups (broad SMARTS) is 2. The standard InChI is InChI=1S/C19H36N2O6.Na/c1-3-4-5-6-7-8-9-10-11-12-17(23)20(13-14-22)16(2)15-21(18(24)25)19(26)27;/h16,22H,3-15H2,1-2H3,(H,24,25)(H,26,27);/q;+1/p-1. The Labute approximate surface area is 190 Å². The molecule has 8 nitrogen and oxygen atoms in total. The molecule has 0 aliphatic heterocycles. The van der Waals surface area contributed by atoms with Gasteiger partial charge in [0, 0.05) is 19.0 Å². The van der Waals surface area contributed by atoms with Crippen LogP contribution in [0.1, 0.15) is 78.1 Å². The molecular formula is C19H35N2NaO6. The maximum Gasteiger partial charge on any atom is 1.00 e. The summed E-state index contributed by atoms with van der Waals surface area (Å²) >= 11 is 0. The number of imide groups is 1. The largest absolute Gasteiger partial charge is 1.00 e. The Morgan fingerprint density at radius 3 is 1.89 bits per heavy atom. The summed E-state index contributed by atoms with van der Waals surface area (Å²) in [4.78, 5) is 35.7. The zero-order valence-electron chi connectivity index (χ0n) is 17.7. The van der Waals surface area contributed by atoms with E-state index < -0.39 is 24.8 Å². The summed E-state index contributed by atoms with van der Waals surface area (Å²) in [7, 11) is 0. The molecule has 0 rings (SSSR count). The van der Waals surface area contributed by atoms with Crippen molar-refractivity contribution in [2.75, 3.05) is 19.7 Å². The van der Waals surface area contributed by atoms with Gasteiger partial charge in [0.1, 0.15) is 6.09 Å². The Hall–Kier alpha value is -0.830. The number of carbonyl (C=O) groups is 3. The fraction of sp³-hybridized carbons (Fsp3) is 0.842. The molecule has 0 aliphatic carbocycles. The second kappa shape index (κ2) is 18.2. The zero-order valence-corrected chi connectivity index (χ0v) is 19.7. The molecule has 3 amide bonds. The van der Waals surface area contributed by atoms with E-state index in [4.69, 9.17) is 10.2 Å². The van der Waals surface area contributed by atoms with Crippen molar-refractivity contribution >= 4 is 18.1 Å². The van der Waals surface area contributed by atoms with Crippen molar-refractivity contribution in [3.63, 3.8) is 0 Å². The summed E-state index contributed by atoms with van der Waals surface area (Å²) in [6.07, 6.45) is 7.02. The molecule has 0 saturated heterocycles. The summed E-state index contributed by atoms with van der Waals surface area (Å²) in [6.45, 7) is 3.11. The van der Waals surface area contributed by atoms with E-state index in [1.807, 2.05) is 0 Å². The van der Waals surface area contributed by atoms with E-state index in [2.05, 4.69) is 6.92 Å². The third-order valence-corrected chi connectivity index (χ3v) is 4.59. The normalized spacial score (nSPS) is 11.4. The molecule has 9 heteroatoms. The first kappa shape index (κ1) is 29.4. The summed E-state index contributed by atoms with van der Waals surface area (Å²) < 4.78 is 0. The number of aliphatic hydroxyl groups excluding tert-OH is 1. The van der Waals surface area contributed by atoms with Gasteiger partial charge in [0.2, 0.25) is 5.91 Å². The first-order valence-electron chi connectivity index (χ1n) is 9.96. The van der Waals surface area contributed by atoms with Crippen molar-refractivity contribution in [3.05, 3.63) is 0 Å². The molecule has 2 N–H and O–H groups in total. The van der Waals surface area contributed by atoms with Gasteiger partial charge in [-0.25, -0.2) is 4.79 Å². The number of unbranched alkanes of at least 4 members (excludes halogenated alkanes) is 8. The Morgan fingerprint density at radius 2 is 1.46 bits per heavy atom. The molecule has 0 heterocycles. The third kappa shape index (κ3) is 13.4. The van der Waals surface area contributed by atoms with E-state index >= 15 is 0 Å². The summed E-state index contributed by atoms with van der Waals surface area (Å²) in [5.41, 5.74) is 0. The van der Waals surface area contributed by atoms with Crippen molar-refractivity contribution < 1.29 is 59.3 Å². The molecule has 28 heavy (non-hydrogen) atoms. The molecule has 0 bridgehead atoms. The predicted octanol–water partition coefficient (Wildman–Crippen LogP) is -0.556. The second-order valence-electron chi connectivity index (χ2n) is 6.90. The second-order valence-corrected chi connectivity index (χ2v) is 6.90. The monoisotopic (exact) mass is 410 g/mol. The summed E-state index contributed by atoms with van der Waals surface area (Å²) in [5, 5.41) is 28.9. The smallest absolute Gasteiger partial charge is 0.529 e. The number of rotatable bonds is 15. The molecule has 0 saturated carbocycles. The number of aliphatic hydroxyl groups is 1. The predicted molar refractivity (Wildman–Crippen MR) is 100 cm³/mol. The van der Waals surface area contributed by atoms with Gasteiger partial charge in [-0.05, 0) is 13.3 Å². The zero-order chi connectivity index (χ0) is 20.7. The minimum atomic E-state index is -1.83. The summed E-state index contributed by atoms with van der Waals surface area (Å²) in [5.74, 6) is -0.205. The maximum atomic E-state index is 12.4. The molecule has 0 aromatic carbocycles. The number of hydrogen-bond donors (Lipinski definition) is 2. The first-order chi connectivity index (χ1) is 12.8. The van der Waals surface area contributed by atoms with Gasteiger partial charge in [0.15, 0.2) is 0 Å². The van der Waals surface area contributed by atoms with E-state index in [-0.39, 0.29) is 53.5 Å². The van der Waals surface area contributed by atoms with Crippen LogP contribution >= 0.6 is 0 Å². The molecule has 1 atom stereocenters. The Kier molecular flexibility index (Phi) is 19.1. The Bertz CT molecular complexity index is 436. The number of hydrogen-bond acceptors (Lipinski definition) is 5. The van der Waals surface area contributed by atoms with E-state index in [9.17, 15) is 19.5 Å². The van der Waals surface area contributed by atoms with Crippen molar-refractivity contribution in [2.45, 2.75) is 84.1 Å². The van der Waals surface area contributed by atoms with Crippen LogP contribution in [0.3, 0.4) is 0 Å². The van der Waals surface area contributed by atoms with E-state index in [1.54, 1.807) is 6.92 Å². The quantitative estimate of drug-likeness (QED) is 0.276. The minimum absolute atomic E-state index is 0. The topological polar surface area (TPSA) is 121 Å². The molecular weight excluding hydrogens is 375 g/mol. The molecule has 1 unspecified atom stereocenters. The van der Waals surface area contributed by atoms with Crippen LogP contribution in [-0.4, -0.2) is 63.8 Å². The van der Waals surface area contributed by atoms with Crippen LogP contribution in [0, 0.1) is 0 Å². The fourth-order valence-corrected chi connectivity index (χ4v) is 3.02. The number of carbonyl (C=O) groups excluding carboxylic acids is 2. The van der Waals surface area contributed by atoms with Gasteiger partial charge in [-0.2, -0.15) is 0 Å². The van der Waals surface area contributed by atoms with Crippen LogP contribution in [0.25, 0.3) is 0 Å². The third-order valence-electron chi connectivity index (χ3n) is 4.59. The van der Waals surface area contributed by atoms with Gasteiger partial charge in [-0.1, -0.05) is 58.3 Å². The Balaban J connectivity index is 0. The molecule has 0 aromatic heterocycles. The molecule has 0 aromatic rings. The Morgan fingerprint density at radius 1 is 0.964 bits per heavy atom. The van der Waals surface area contributed by atoms with Crippen LogP contribution in [0.5, 0.6) is 0 Å². The maximum absolute atomic E-state index is 12.4. The van der Waals surface area contributed by atoms with Gasteiger partial charge < -0.3 is 25.0 Å². The average molecular weight is 410 g/mol.